The van der Waals surface area contributed by atoms with Gasteiger partial charge in [0.1, 0.15) is 0 Å². The Hall–Kier alpha value is -0.0800. The zero-order valence-corrected chi connectivity index (χ0v) is 9.97. The Morgan fingerprint density at radius 1 is 1.13 bits per heavy atom. The topological polar surface area (TPSA) is 32.3 Å². The fraction of sp³-hybridized carbons (Fsp3) is 1.00. The smallest absolute Gasteiger partial charge is 0.0771 e. The van der Waals surface area contributed by atoms with Gasteiger partial charge in [0, 0.05) is 12.6 Å². The van der Waals surface area contributed by atoms with Crippen molar-refractivity contribution in [1.29, 1.82) is 0 Å². The molecule has 2 atom stereocenters. The third-order valence-electron chi connectivity index (χ3n) is 4.34. The highest BCUT2D eigenvalue weighted by Crippen LogP contribution is 2.30. The third-order valence-corrected chi connectivity index (χ3v) is 4.34. The van der Waals surface area contributed by atoms with Crippen LogP contribution in [0.1, 0.15) is 58.3 Å². The van der Waals surface area contributed by atoms with E-state index in [1.807, 2.05) is 0 Å². The van der Waals surface area contributed by atoms with Crippen molar-refractivity contribution in [2.45, 2.75) is 69.9 Å². The summed E-state index contributed by atoms with van der Waals surface area (Å²) in [5.74, 6) is 0.795. The zero-order valence-electron chi connectivity index (χ0n) is 9.97. The van der Waals surface area contributed by atoms with Crippen molar-refractivity contribution in [3.63, 3.8) is 0 Å². The largest absolute Gasteiger partial charge is 0.389 e. The standard InChI is InChI=1S/C13H25NO/c1-11-6-2-3-7-12(11)14-10-13(15)8-4-5-9-13/h11-12,14-15H,2-10H2,1H3. The summed E-state index contributed by atoms with van der Waals surface area (Å²) < 4.78 is 0. The van der Waals surface area contributed by atoms with Gasteiger partial charge in [-0.05, 0) is 31.6 Å². The van der Waals surface area contributed by atoms with Crippen LogP contribution in [0.3, 0.4) is 0 Å². The van der Waals surface area contributed by atoms with Crippen molar-refractivity contribution in [3.8, 4) is 0 Å². The molecule has 2 nitrogen and oxygen atoms in total. The number of hydrogen-bond acceptors (Lipinski definition) is 2. The molecule has 2 rings (SSSR count). The number of hydrogen-bond donors (Lipinski definition) is 2. The summed E-state index contributed by atoms with van der Waals surface area (Å²) in [7, 11) is 0. The molecule has 0 aromatic rings. The fourth-order valence-corrected chi connectivity index (χ4v) is 3.15. The quantitative estimate of drug-likeness (QED) is 0.751. The van der Waals surface area contributed by atoms with E-state index in [4.69, 9.17) is 0 Å². The van der Waals surface area contributed by atoms with E-state index in [9.17, 15) is 5.11 Å². The highest BCUT2D eigenvalue weighted by atomic mass is 16.3. The van der Waals surface area contributed by atoms with Crippen LogP contribution >= 0.6 is 0 Å². The highest BCUT2D eigenvalue weighted by Gasteiger charge is 2.32. The first-order valence-electron chi connectivity index (χ1n) is 6.65. The van der Waals surface area contributed by atoms with Gasteiger partial charge in [-0.25, -0.2) is 0 Å². The Labute approximate surface area is 93.5 Å². The van der Waals surface area contributed by atoms with Gasteiger partial charge in [-0.2, -0.15) is 0 Å². The van der Waals surface area contributed by atoms with E-state index < -0.39 is 0 Å². The van der Waals surface area contributed by atoms with E-state index >= 15 is 0 Å². The molecule has 0 aromatic carbocycles. The molecule has 88 valence electrons. The van der Waals surface area contributed by atoms with E-state index in [1.165, 1.54) is 38.5 Å². The molecule has 2 aliphatic rings. The molecule has 0 saturated heterocycles. The molecule has 0 radical (unpaired) electrons. The Kier molecular flexibility index (Phi) is 3.68. The lowest BCUT2D eigenvalue weighted by Gasteiger charge is -2.33. The van der Waals surface area contributed by atoms with Crippen molar-refractivity contribution in [2.75, 3.05) is 6.54 Å². The molecule has 15 heavy (non-hydrogen) atoms. The monoisotopic (exact) mass is 211 g/mol. The molecule has 2 unspecified atom stereocenters. The Morgan fingerprint density at radius 3 is 2.47 bits per heavy atom. The lowest BCUT2D eigenvalue weighted by molar-refractivity contribution is 0.0410. The van der Waals surface area contributed by atoms with Crippen molar-refractivity contribution < 1.29 is 5.11 Å². The molecule has 2 N–H and O–H groups in total. The lowest BCUT2D eigenvalue weighted by atomic mass is 9.85. The second-order valence-corrected chi connectivity index (χ2v) is 5.68. The molecule has 2 fully saturated rings. The molecular formula is C13H25NO. The van der Waals surface area contributed by atoms with Crippen molar-refractivity contribution in [3.05, 3.63) is 0 Å². The molecular weight excluding hydrogens is 186 g/mol. The fourth-order valence-electron chi connectivity index (χ4n) is 3.15. The Morgan fingerprint density at radius 2 is 1.80 bits per heavy atom. The van der Waals surface area contributed by atoms with Crippen LogP contribution in [0.5, 0.6) is 0 Å². The number of aliphatic hydroxyl groups is 1. The van der Waals surface area contributed by atoms with E-state index in [0.717, 1.165) is 25.3 Å². The third kappa shape index (κ3) is 2.94. The van der Waals surface area contributed by atoms with Crippen molar-refractivity contribution in [1.82, 2.24) is 5.32 Å². The van der Waals surface area contributed by atoms with Crippen LogP contribution in [0.15, 0.2) is 0 Å². The van der Waals surface area contributed by atoms with Crippen molar-refractivity contribution >= 4 is 0 Å². The minimum atomic E-state index is -0.378. The molecule has 0 amide bonds. The molecule has 0 aliphatic heterocycles. The van der Waals surface area contributed by atoms with Crippen LogP contribution in [0.4, 0.5) is 0 Å². The predicted octanol–water partition coefficient (Wildman–Crippen LogP) is 2.46. The first-order valence-corrected chi connectivity index (χ1v) is 6.65. The molecule has 2 heteroatoms. The first-order chi connectivity index (χ1) is 7.20. The van der Waals surface area contributed by atoms with Gasteiger partial charge in [-0.1, -0.05) is 32.6 Å². The lowest BCUT2D eigenvalue weighted by Crippen LogP contribution is -2.46. The van der Waals surface area contributed by atoms with Gasteiger partial charge in [0.05, 0.1) is 5.60 Å². The van der Waals surface area contributed by atoms with Gasteiger partial charge < -0.3 is 10.4 Å². The number of rotatable bonds is 3. The Balaban J connectivity index is 1.76. The van der Waals surface area contributed by atoms with E-state index in [2.05, 4.69) is 12.2 Å². The van der Waals surface area contributed by atoms with Gasteiger partial charge >= 0.3 is 0 Å². The van der Waals surface area contributed by atoms with E-state index in [1.54, 1.807) is 0 Å². The van der Waals surface area contributed by atoms with Gasteiger partial charge in [-0.3, -0.25) is 0 Å². The van der Waals surface area contributed by atoms with Crippen LogP contribution in [-0.4, -0.2) is 23.3 Å². The molecule has 2 aliphatic carbocycles. The van der Waals surface area contributed by atoms with Crippen LogP contribution in [0.25, 0.3) is 0 Å². The maximum Gasteiger partial charge on any atom is 0.0771 e. The maximum absolute atomic E-state index is 10.2. The predicted molar refractivity (Wildman–Crippen MR) is 62.8 cm³/mol. The normalized spacial score (nSPS) is 35.6. The number of nitrogens with one attached hydrogen (secondary N) is 1. The zero-order chi connectivity index (χ0) is 10.7. The summed E-state index contributed by atoms with van der Waals surface area (Å²) in [5.41, 5.74) is -0.378. The van der Waals surface area contributed by atoms with Crippen molar-refractivity contribution in [2.24, 2.45) is 5.92 Å². The Bertz CT molecular complexity index is 199. The molecule has 0 heterocycles. The van der Waals surface area contributed by atoms with Gasteiger partial charge in [0.15, 0.2) is 0 Å². The summed E-state index contributed by atoms with van der Waals surface area (Å²) >= 11 is 0. The average Bonchev–Trinajstić information content (AvgIpc) is 2.65. The molecule has 2 saturated carbocycles. The van der Waals surface area contributed by atoms with Crippen LogP contribution < -0.4 is 5.32 Å². The molecule has 0 aromatic heterocycles. The van der Waals surface area contributed by atoms with E-state index in [0.29, 0.717) is 6.04 Å². The van der Waals surface area contributed by atoms with Crippen LogP contribution in [0.2, 0.25) is 0 Å². The van der Waals surface area contributed by atoms with Gasteiger partial charge in [0.25, 0.3) is 0 Å². The highest BCUT2D eigenvalue weighted by molar-refractivity contribution is 4.89. The second-order valence-electron chi connectivity index (χ2n) is 5.68. The SMILES string of the molecule is CC1CCCCC1NCC1(O)CCCC1. The minimum absolute atomic E-state index is 0.378. The van der Waals surface area contributed by atoms with Crippen LogP contribution in [-0.2, 0) is 0 Å². The minimum Gasteiger partial charge on any atom is -0.389 e. The second kappa shape index (κ2) is 4.84. The molecule has 0 bridgehead atoms. The summed E-state index contributed by atoms with van der Waals surface area (Å²) in [6.45, 7) is 3.16. The van der Waals surface area contributed by atoms with E-state index in [-0.39, 0.29) is 5.60 Å². The average molecular weight is 211 g/mol. The van der Waals surface area contributed by atoms with Gasteiger partial charge in [-0.15, -0.1) is 0 Å². The maximum atomic E-state index is 10.2. The summed E-state index contributed by atoms with van der Waals surface area (Å²) in [5, 5.41) is 13.8. The summed E-state index contributed by atoms with van der Waals surface area (Å²) in [4.78, 5) is 0. The van der Waals surface area contributed by atoms with Crippen LogP contribution in [0, 0.1) is 5.92 Å². The summed E-state index contributed by atoms with van der Waals surface area (Å²) in [6.07, 6.45) is 9.83. The van der Waals surface area contributed by atoms with Gasteiger partial charge in [0.2, 0.25) is 0 Å². The first kappa shape index (κ1) is 11.4. The summed E-state index contributed by atoms with van der Waals surface area (Å²) in [6, 6.07) is 0.656. The molecule has 0 spiro atoms.